The van der Waals surface area contributed by atoms with Gasteiger partial charge in [0.05, 0.1) is 0 Å². The van der Waals surface area contributed by atoms with Crippen LogP contribution in [-0.2, 0) is 11.3 Å². The van der Waals surface area contributed by atoms with Crippen LogP contribution in [0.25, 0.3) is 0 Å². The van der Waals surface area contributed by atoms with E-state index in [-0.39, 0.29) is 18.3 Å². The SMILES string of the molecule is CC(CC(=O)NCc1ccc(Br)cc1Cl)C1CCNCC1.Cl. The lowest BCUT2D eigenvalue weighted by Gasteiger charge is -2.27. The predicted octanol–water partition coefficient (Wildman–Crippen LogP) is 4.17. The molecule has 0 bridgehead atoms. The minimum atomic E-state index is 0. The third-order valence-corrected chi connectivity index (χ3v) is 5.03. The molecule has 6 heteroatoms. The number of amides is 1. The molecule has 0 aliphatic carbocycles. The number of piperidine rings is 1. The number of benzene rings is 1. The van der Waals surface area contributed by atoms with E-state index in [1.165, 1.54) is 12.8 Å². The maximum Gasteiger partial charge on any atom is 0.220 e. The Morgan fingerprint density at radius 3 is 2.77 bits per heavy atom. The van der Waals surface area contributed by atoms with Crippen molar-refractivity contribution in [1.82, 2.24) is 10.6 Å². The molecule has 1 aromatic carbocycles. The molecule has 2 rings (SSSR count). The summed E-state index contributed by atoms with van der Waals surface area (Å²) in [6.07, 6.45) is 2.94. The van der Waals surface area contributed by atoms with Crippen LogP contribution in [0, 0.1) is 11.8 Å². The minimum Gasteiger partial charge on any atom is -0.352 e. The Kier molecular flexibility index (Phi) is 8.77. The molecule has 0 aromatic heterocycles. The first kappa shape index (κ1) is 19.8. The highest BCUT2D eigenvalue weighted by atomic mass is 79.9. The molecule has 1 amide bonds. The number of carbonyl (C=O) groups excluding carboxylic acids is 1. The van der Waals surface area contributed by atoms with Gasteiger partial charge in [0, 0.05) is 22.5 Å². The summed E-state index contributed by atoms with van der Waals surface area (Å²) in [4.78, 5) is 12.1. The summed E-state index contributed by atoms with van der Waals surface area (Å²) in [5.74, 6) is 1.21. The van der Waals surface area contributed by atoms with Gasteiger partial charge in [0.15, 0.2) is 0 Å². The molecule has 1 saturated heterocycles. The summed E-state index contributed by atoms with van der Waals surface area (Å²) in [6, 6.07) is 5.72. The zero-order chi connectivity index (χ0) is 15.2. The molecule has 0 saturated carbocycles. The number of rotatable bonds is 5. The first-order chi connectivity index (χ1) is 10.1. The molecule has 0 radical (unpaired) electrons. The van der Waals surface area contributed by atoms with Crippen LogP contribution < -0.4 is 10.6 Å². The molecule has 1 aromatic rings. The standard InChI is InChI=1S/C16H22BrClN2O.ClH/c1-11(12-4-6-19-7-5-12)8-16(21)20-10-13-2-3-14(17)9-15(13)18;/h2-3,9,11-12,19H,4-8,10H2,1H3,(H,20,21);1H. The lowest BCUT2D eigenvalue weighted by Crippen LogP contribution is -2.33. The Morgan fingerprint density at radius 1 is 1.45 bits per heavy atom. The third-order valence-electron chi connectivity index (χ3n) is 4.19. The molecule has 1 heterocycles. The molecular formula is C16H23BrCl2N2O. The molecule has 1 aliphatic heterocycles. The van der Waals surface area contributed by atoms with Gasteiger partial charge in [-0.25, -0.2) is 0 Å². The van der Waals surface area contributed by atoms with Crippen molar-refractivity contribution in [2.75, 3.05) is 13.1 Å². The van der Waals surface area contributed by atoms with Crippen molar-refractivity contribution in [1.29, 1.82) is 0 Å². The van der Waals surface area contributed by atoms with Crippen molar-refractivity contribution in [3.8, 4) is 0 Å². The fourth-order valence-electron chi connectivity index (χ4n) is 2.80. The average molecular weight is 410 g/mol. The van der Waals surface area contributed by atoms with Gasteiger partial charge in [-0.3, -0.25) is 4.79 Å². The van der Waals surface area contributed by atoms with Crippen LogP contribution in [0.4, 0.5) is 0 Å². The van der Waals surface area contributed by atoms with Crippen LogP contribution in [0.2, 0.25) is 5.02 Å². The van der Waals surface area contributed by atoms with Crippen LogP contribution in [0.5, 0.6) is 0 Å². The summed E-state index contributed by atoms with van der Waals surface area (Å²) < 4.78 is 0.946. The third kappa shape index (κ3) is 6.07. The summed E-state index contributed by atoms with van der Waals surface area (Å²) in [6.45, 7) is 4.82. The molecule has 0 spiro atoms. The van der Waals surface area contributed by atoms with Crippen molar-refractivity contribution in [3.05, 3.63) is 33.3 Å². The van der Waals surface area contributed by atoms with E-state index in [4.69, 9.17) is 11.6 Å². The number of hydrogen-bond donors (Lipinski definition) is 2. The average Bonchev–Trinajstić information content (AvgIpc) is 2.47. The van der Waals surface area contributed by atoms with Crippen molar-refractivity contribution in [2.45, 2.75) is 32.7 Å². The van der Waals surface area contributed by atoms with E-state index >= 15 is 0 Å². The van der Waals surface area contributed by atoms with Crippen LogP contribution in [0.15, 0.2) is 22.7 Å². The van der Waals surface area contributed by atoms with Gasteiger partial charge in [0.2, 0.25) is 5.91 Å². The summed E-state index contributed by atoms with van der Waals surface area (Å²) in [5, 5.41) is 7.01. The highest BCUT2D eigenvalue weighted by molar-refractivity contribution is 9.10. The van der Waals surface area contributed by atoms with Crippen LogP contribution >= 0.6 is 39.9 Å². The molecule has 22 heavy (non-hydrogen) atoms. The molecule has 2 N–H and O–H groups in total. The molecule has 124 valence electrons. The molecule has 3 nitrogen and oxygen atoms in total. The Labute approximate surface area is 152 Å². The number of carbonyl (C=O) groups is 1. The van der Waals surface area contributed by atoms with E-state index in [1.54, 1.807) is 0 Å². The molecule has 1 fully saturated rings. The van der Waals surface area contributed by atoms with Gasteiger partial charge in [0.25, 0.3) is 0 Å². The first-order valence-corrected chi connectivity index (χ1v) is 8.64. The first-order valence-electron chi connectivity index (χ1n) is 7.47. The van der Waals surface area contributed by atoms with Crippen molar-refractivity contribution >= 4 is 45.8 Å². The smallest absolute Gasteiger partial charge is 0.220 e. The normalized spacial score (nSPS) is 16.7. The maximum atomic E-state index is 12.1. The monoisotopic (exact) mass is 408 g/mol. The lowest BCUT2D eigenvalue weighted by atomic mass is 9.84. The van der Waals surface area contributed by atoms with E-state index in [1.807, 2.05) is 18.2 Å². The van der Waals surface area contributed by atoms with E-state index in [9.17, 15) is 4.79 Å². The molecule has 1 unspecified atom stereocenters. The second kappa shape index (κ2) is 9.76. The Morgan fingerprint density at radius 2 is 2.14 bits per heavy atom. The Hall–Kier alpha value is -0.290. The lowest BCUT2D eigenvalue weighted by molar-refractivity contribution is -0.122. The topological polar surface area (TPSA) is 41.1 Å². The second-order valence-electron chi connectivity index (χ2n) is 5.78. The predicted molar refractivity (Wildman–Crippen MR) is 97.6 cm³/mol. The van der Waals surface area contributed by atoms with Crippen LogP contribution in [-0.4, -0.2) is 19.0 Å². The quantitative estimate of drug-likeness (QED) is 0.766. The van der Waals surface area contributed by atoms with Gasteiger partial charge in [-0.15, -0.1) is 12.4 Å². The largest absolute Gasteiger partial charge is 0.352 e. The van der Waals surface area contributed by atoms with Gasteiger partial charge in [-0.1, -0.05) is 40.5 Å². The van der Waals surface area contributed by atoms with Crippen molar-refractivity contribution < 1.29 is 4.79 Å². The van der Waals surface area contributed by atoms with Gasteiger partial charge < -0.3 is 10.6 Å². The van der Waals surface area contributed by atoms with E-state index < -0.39 is 0 Å². The Balaban J connectivity index is 0.00000242. The fourth-order valence-corrected chi connectivity index (χ4v) is 3.54. The zero-order valence-corrected chi connectivity index (χ0v) is 15.9. The van der Waals surface area contributed by atoms with Gasteiger partial charge in [0.1, 0.15) is 0 Å². The minimum absolute atomic E-state index is 0. The van der Waals surface area contributed by atoms with Crippen molar-refractivity contribution in [3.63, 3.8) is 0 Å². The van der Waals surface area contributed by atoms with Crippen molar-refractivity contribution in [2.24, 2.45) is 11.8 Å². The van der Waals surface area contributed by atoms with Gasteiger partial charge in [-0.05, 0) is 55.5 Å². The summed E-state index contributed by atoms with van der Waals surface area (Å²) in [5.41, 5.74) is 0.947. The number of hydrogen-bond acceptors (Lipinski definition) is 2. The van der Waals surface area contributed by atoms with E-state index in [2.05, 4.69) is 33.5 Å². The fraction of sp³-hybridized carbons (Fsp3) is 0.562. The maximum absolute atomic E-state index is 12.1. The van der Waals surface area contributed by atoms with Gasteiger partial charge >= 0.3 is 0 Å². The Bertz CT molecular complexity index is 493. The van der Waals surface area contributed by atoms with E-state index in [0.717, 1.165) is 23.1 Å². The highest BCUT2D eigenvalue weighted by Gasteiger charge is 2.21. The second-order valence-corrected chi connectivity index (χ2v) is 7.10. The number of nitrogens with one attached hydrogen (secondary N) is 2. The zero-order valence-electron chi connectivity index (χ0n) is 12.7. The summed E-state index contributed by atoms with van der Waals surface area (Å²) >= 11 is 9.53. The number of halogens is 3. The van der Waals surface area contributed by atoms with Gasteiger partial charge in [-0.2, -0.15) is 0 Å². The van der Waals surface area contributed by atoms with Crippen LogP contribution in [0.3, 0.4) is 0 Å². The molecular weight excluding hydrogens is 387 g/mol. The molecule has 1 atom stereocenters. The highest BCUT2D eigenvalue weighted by Crippen LogP contribution is 2.24. The van der Waals surface area contributed by atoms with E-state index in [0.29, 0.717) is 29.8 Å². The van der Waals surface area contributed by atoms with Crippen LogP contribution in [0.1, 0.15) is 31.7 Å². The summed E-state index contributed by atoms with van der Waals surface area (Å²) in [7, 11) is 0. The molecule has 1 aliphatic rings.